The van der Waals surface area contributed by atoms with Gasteiger partial charge < -0.3 is 14.7 Å². The summed E-state index contributed by atoms with van der Waals surface area (Å²) in [7, 11) is 6.16. The number of carbonyl (C=O) groups is 1. The van der Waals surface area contributed by atoms with Gasteiger partial charge in [0.05, 0.1) is 27.7 Å². The molecule has 0 saturated carbocycles. The minimum atomic E-state index is -0.250. The highest BCUT2D eigenvalue weighted by Crippen LogP contribution is 1.84. The summed E-state index contributed by atoms with van der Waals surface area (Å²) in [6.45, 7) is 0.865. The Morgan fingerprint density at radius 3 is 1.70 bits per heavy atom. The second kappa shape index (κ2) is 6.51. The molecule has 4 heteroatoms. The van der Waals surface area contributed by atoms with E-state index in [-0.39, 0.29) is 13.1 Å². The van der Waals surface area contributed by atoms with E-state index in [4.69, 9.17) is 15.0 Å². The van der Waals surface area contributed by atoms with Gasteiger partial charge in [-0.05, 0) is 0 Å². The molecule has 0 aromatic rings. The van der Waals surface area contributed by atoms with Crippen molar-refractivity contribution < 1.29 is 19.5 Å². The molecule has 0 unspecified atom stereocenters. The molecule has 0 fully saturated rings. The minimum absolute atomic E-state index is 0.250. The van der Waals surface area contributed by atoms with E-state index < -0.39 is 0 Å². The van der Waals surface area contributed by atoms with Gasteiger partial charge >= 0.3 is 0 Å². The summed E-state index contributed by atoms with van der Waals surface area (Å²) < 4.78 is 0.844. The fourth-order valence-electron chi connectivity index (χ4n) is 0.300. The molecule has 0 aromatic carbocycles. The molecule has 2 N–H and O–H groups in total. The van der Waals surface area contributed by atoms with E-state index in [0.717, 1.165) is 11.0 Å². The molecule has 10 heavy (non-hydrogen) atoms. The van der Waals surface area contributed by atoms with Crippen LogP contribution in [0.15, 0.2) is 0 Å². The lowest BCUT2D eigenvalue weighted by atomic mass is 10.5. The molecule has 0 amide bonds. The van der Waals surface area contributed by atoms with E-state index in [9.17, 15) is 0 Å². The lowest BCUT2D eigenvalue weighted by Crippen LogP contribution is -2.36. The minimum Gasteiger partial charge on any atom is -0.483 e. The van der Waals surface area contributed by atoms with Gasteiger partial charge in [-0.2, -0.15) is 0 Å². The molecule has 62 valence electrons. The Morgan fingerprint density at radius 1 is 1.40 bits per heavy atom. The van der Waals surface area contributed by atoms with Crippen LogP contribution in [0, 0.1) is 0 Å². The van der Waals surface area contributed by atoms with Crippen LogP contribution >= 0.6 is 0 Å². The molecule has 0 radical (unpaired) electrons. The van der Waals surface area contributed by atoms with E-state index >= 15 is 0 Å². The lowest BCUT2D eigenvalue weighted by molar-refractivity contribution is -0.870. The number of nitrogens with zero attached hydrogens (tertiary/aromatic N) is 1. The number of quaternary nitrogens is 1. The summed E-state index contributed by atoms with van der Waals surface area (Å²) in [4.78, 5) is 8.36. The smallest absolute Gasteiger partial charge is 0.290 e. The number of rotatable bonds is 2. The van der Waals surface area contributed by atoms with Gasteiger partial charge in [-0.3, -0.25) is 4.79 Å². The Hall–Kier alpha value is -0.610. The molecule has 0 bridgehead atoms. The fourth-order valence-corrected chi connectivity index (χ4v) is 0.300. The quantitative estimate of drug-likeness (QED) is 0.407. The van der Waals surface area contributed by atoms with Gasteiger partial charge in [-0.1, -0.05) is 0 Å². The third kappa shape index (κ3) is 26.3. The second-order valence-electron chi connectivity index (χ2n) is 2.84. The van der Waals surface area contributed by atoms with Crippen molar-refractivity contribution in [2.75, 3.05) is 34.3 Å². The maximum atomic E-state index is 8.39. The predicted octanol–water partition coefficient (Wildman–Crippen LogP) is -0.614. The van der Waals surface area contributed by atoms with Gasteiger partial charge in [-0.15, -0.1) is 0 Å². The number of carboxylic acid groups (broad SMARTS) is 1. The first-order valence-electron chi connectivity index (χ1n) is 2.97. The standard InChI is InChI=1S/C5H14NO.CH2O2/c1-6(2,3)4-5-7;2-1-3/h7H,4-5H2,1-3H3;1H,(H,2,3)/q+1;. The fraction of sp³-hybridized carbons (Fsp3) is 0.833. The average Bonchev–Trinajstić information content (AvgIpc) is 1.63. The summed E-state index contributed by atoms with van der Waals surface area (Å²) >= 11 is 0. The SMILES string of the molecule is C[N+](C)(C)CCO.O=CO. The first-order valence-corrected chi connectivity index (χ1v) is 2.97. The molecule has 0 heterocycles. The van der Waals surface area contributed by atoms with Crippen LogP contribution in [0.2, 0.25) is 0 Å². The molecule has 0 atom stereocenters. The maximum absolute atomic E-state index is 8.39. The van der Waals surface area contributed by atoms with Crippen LogP contribution in [0.25, 0.3) is 0 Å². The van der Waals surface area contributed by atoms with Gasteiger partial charge in [0, 0.05) is 0 Å². The zero-order chi connectivity index (χ0) is 8.62. The Balaban J connectivity index is 0. The highest BCUT2D eigenvalue weighted by atomic mass is 16.3. The summed E-state index contributed by atoms with van der Waals surface area (Å²) in [6, 6.07) is 0. The lowest BCUT2D eigenvalue weighted by Gasteiger charge is -2.21. The second-order valence-corrected chi connectivity index (χ2v) is 2.84. The molecular weight excluding hydrogens is 134 g/mol. The summed E-state index contributed by atoms with van der Waals surface area (Å²) in [5.74, 6) is 0. The zero-order valence-electron chi connectivity index (χ0n) is 6.74. The van der Waals surface area contributed by atoms with E-state index in [2.05, 4.69) is 21.1 Å². The van der Waals surface area contributed by atoms with Crippen molar-refractivity contribution in [3.63, 3.8) is 0 Å². The van der Waals surface area contributed by atoms with Crippen LogP contribution in [-0.2, 0) is 4.79 Å². The van der Waals surface area contributed by atoms with Gasteiger partial charge in [0.1, 0.15) is 6.54 Å². The molecule has 4 nitrogen and oxygen atoms in total. The predicted molar refractivity (Wildman–Crippen MR) is 38.7 cm³/mol. The van der Waals surface area contributed by atoms with E-state index in [1.165, 1.54) is 0 Å². The number of aliphatic hydroxyl groups excluding tert-OH is 1. The summed E-state index contributed by atoms with van der Waals surface area (Å²) in [5, 5.41) is 15.3. The molecule has 0 aliphatic rings. The zero-order valence-corrected chi connectivity index (χ0v) is 6.74. The first kappa shape index (κ1) is 12.1. The van der Waals surface area contributed by atoms with Crippen molar-refractivity contribution in [1.29, 1.82) is 0 Å². The Kier molecular flexibility index (Phi) is 7.88. The molecular formula is C6H16NO3+. The Morgan fingerprint density at radius 2 is 1.70 bits per heavy atom. The molecule has 0 rings (SSSR count). The maximum Gasteiger partial charge on any atom is 0.290 e. The van der Waals surface area contributed by atoms with Gasteiger partial charge in [0.2, 0.25) is 0 Å². The highest BCUT2D eigenvalue weighted by molar-refractivity contribution is 5.32. The van der Waals surface area contributed by atoms with Crippen molar-refractivity contribution in [2.45, 2.75) is 0 Å². The normalized spacial score (nSPS) is 9.60. The summed E-state index contributed by atoms with van der Waals surface area (Å²) in [5.41, 5.74) is 0. The molecule has 0 aliphatic heterocycles. The molecule has 0 saturated heterocycles. The largest absolute Gasteiger partial charge is 0.483 e. The first-order chi connectivity index (χ1) is 4.47. The van der Waals surface area contributed by atoms with Crippen LogP contribution in [0.4, 0.5) is 0 Å². The van der Waals surface area contributed by atoms with Crippen molar-refractivity contribution in [3.8, 4) is 0 Å². The number of aliphatic hydroxyl groups is 1. The van der Waals surface area contributed by atoms with Crippen molar-refractivity contribution in [2.24, 2.45) is 0 Å². The molecule has 0 spiro atoms. The highest BCUT2D eigenvalue weighted by Gasteiger charge is 2.02. The summed E-state index contributed by atoms with van der Waals surface area (Å²) in [6.07, 6.45) is 0. The third-order valence-corrected chi connectivity index (χ3v) is 0.771. The monoisotopic (exact) mass is 150 g/mol. The van der Waals surface area contributed by atoms with Gasteiger partial charge in [0.25, 0.3) is 6.47 Å². The van der Waals surface area contributed by atoms with Gasteiger partial charge in [-0.25, -0.2) is 0 Å². The number of hydrogen-bond acceptors (Lipinski definition) is 2. The Bertz CT molecular complexity index is 77.6. The topological polar surface area (TPSA) is 57.5 Å². The number of likely N-dealkylation sites (N-methyl/N-ethyl adjacent to an activating group) is 1. The third-order valence-electron chi connectivity index (χ3n) is 0.771. The van der Waals surface area contributed by atoms with Crippen molar-refractivity contribution in [3.05, 3.63) is 0 Å². The number of hydrogen-bond donors (Lipinski definition) is 2. The van der Waals surface area contributed by atoms with Crippen molar-refractivity contribution in [1.82, 2.24) is 0 Å². The van der Waals surface area contributed by atoms with Gasteiger partial charge in [0.15, 0.2) is 0 Å². The molecule has 0 aliphatic carbocycles. The van der Waals surface area contributed by atoms with Crippen molar-refractivity contribution >= 4 is 6.47 Å². The van der Waals surface area contributed by atoms with Crippen LogP contribution in [0.1, 0.15) is 0 Å². The van der Waals surface area contributed by atoms with Crippen LogP contribution in [-0.4, -0.2) is 55.5 Å². The van der Waals surface area contributed by atoms with E-state index in [0.29, 0.717) is 0 Å². The molecule has 0 aromatic heterocycles. The Labute approximate surface area is 61.3 Å². The average molecular weight is 150 g/mol. The van der Waals surface area contributed by atoms with Crippen LogP contribution in [0.3, 0.4) is 0 Å². The van der Waals surface area contributed by atoms with Crippen LogP contribution in [0.5, 0.6) is 0 Å². The van der Waals surface area contributed by atoms with E-state index in [1.807, 2.05) is 0 Å². The van der Waals surface area contributed by atoms with E-state index in [1.54, 1.807) is 0 Å². The van der Waals surface area contributed by atoms with Crippen LogP contribution < -0.4 is 0 Å².